The number of nitrogens with one attached hydrogen (secondary N) is 2. The maximum Gasteiger partial charge on any atom is 0.218 e. The van der Waals surface area contributed by atoms with Crippen molar-refractivity contribution in [3.8, 4) is 11.5 Å². The van der Waals surface area contributed by atoms with Gasteiger partial charge in [-0.2, -0.15) is 5.10 Å². The van der Waals surface area contributed by atoms with E-state index in [0.29, 0.717) is 30.6 Å². The molecule has 130 valence electrons. The number of aromatic amines is 1. The van der Waals surface area contributed by atoms with Gasteiger partial charge in [-0.3, -0.25) is 0 Å². The molecular formula is C17H16BrFN4O2. The highest BCUT2D eigenvalue weighted by Gasteiger charge is 2.12. The summed E-state index contributed by atoms with van der Waals surface area (Å²) in [7, 11) is 1.58. The SMILES string of the molecule is COc1cc(CNc2ncn[nH]2)cc(Br)c1OCc1ccc(F)cc1. The molecule has 0 amide bonds. The van der Waals surface area contributed by atoms with E-state index in [4.69, 9.17) is 9.47 Å². The molecule has 0 bridgehead atoms. The van der Waals surface area contributed by atoms with Crippen molar-refractivity contribution in [3.05, 3.63) is 64.1 Å². The quantitative estimate of drug-likeness (QED) is 0.622. The standard InChI is InChI=1S/C17H16BrFN4O2/c1-24-15-7-12(8-20-17-21-10-22-23-17)6-14(18)16(15)25-9-11-2-4-13(19)5-3-11/h2-7,10H,8-9H2,1H3,(H2,20,21,22,23). The van der Waals surface area contributed by atoms with Gasteiger partial charge >= 0.3 is 0 Å². The molecule has 0 unspecified atom stereocenters. The van der Waals surface area contributed by atoms with Crippen molar-refractivity contribution in [2.45, 2.75) is 13.2 Å². The van der Waals surface area contributed by atoms with Gasteiger partial charge in [0.2, 0.25) is 5.95 Å². The van der Waals surface area contributed by atoms with E-state index in [0.717, 1.165) is 15.6 Å². The third-order valence-corrected chi connectivity index (χ3v) is 4.05. The van der Waals surface area contributed by atoms with E-state index >= 15 is 0 Å². The van der Waals surface area contributed by atoms with E-state index in [1.807, 2.05) is 12.1 Å². The Kier molecular flexibility index (Phi) is 5.49. The van der Waals surface area contributed by atoms with Gasteiger partial charge in [-0.05, 0) is 51.3 Å². The van der Waals surface area contributed by atoms with Gasteiger partial charge in [0.1, 0.15) is 18.8 Å². The molecule has 0 aliphatic rings. The molecule has 0 aliphatic heterocycles. The molecule has 3 rings (SSSR count). The van der Waals surface area contributed by atoms with E-state index in [9.17, 15) is 4.39 Å². The number of nitrogens with zero attached hydrogens (tertiary/aromatic N) is 2. The molecule has 1 aromatic heterocycles. The molecule has 0 saturated heterocycles. The zero-order valence-corrected chi connectivity index (χ0v) is 15.0. The monoisotopic (exact) mass is 406 g/mol. The molecule has 8 heteroatoms. The Morgan fingerprint density at radius 2 is 2.00 bits per heavy atom. The highest BCUT2D eigenvalue weighted by Crippen LogP contribution is 2.37. The lowest BCUT2D eigenvalue weighted by Gasteiger charge is -2.15. The molecule has 0 fully saturated rings. The van der Waals surface area contributed by atoms with E-state index in [2.05, 4.69) is 36.4 Å². The second-order valence-electron chi connectivity index (χ2n) is 5.21. The fourth-order valence-corrected chi connectivity index (χ4v) is 2.83. The van der Waals surface area contributed by atoms with Crippen molar-refractivity contribution < 1.29 is 13.9 Å². The maximum atomic E-state index is 13.0. The average molecular weight is 407 g/mol. The molecular weight excluding hydrogens is 391 g/mol. The predicted octanol–water partition coefficient (Wildman–Crippen LogP) is 3.91. The Balaban J connectivity index is 1.71. The summed E-state index contributed by atoms with van der Waals surface area (Å²) >= 11 is 3.51. The summed E-state index contributed by atoms with van der Waals surface area (Å²) in [6.45, 7) is 0.854. The lowest BCUT2D eigenvalue weighted by molar-refractivity contribution is 0.282. The molecule has 6 nitrogen and oxygen atoms in total. The first-order valence-corrected chi connectivity index (χ1v) is 8.28. The fourth-order valence-electron chi connectivity index (χ4n) is 2.23. The van der Waals surface area contributed by atoms with Crippen molar-refractivity contribution in [1.29, 1.82) is 0 Å². The van der Waals surface area contributed by atoms with Gasteiger partial charge < -0.3 is 14.8 Å². The van der Waals surface area contributed by atoms with Crippen LogP contribution in [0.25, 0.3) is 0 Å². The summed E-state index contributed by atoms with van der Waals surface area (Å²) < 4.78 is 25.0. The van der Waals surface area contributed by atoms with E-state index in [1.165, 1.54) is 18.5 Å². The van der Waals surface area contributed by atoms with Gasteiger partial charge in [-0.1, -0.05) is 12.1 Å². The van der Waals surface area contributed by atoms with Crippen LogP contribution in [0.4, 0.5) is 10.3 Å². The van der Waals surface area contributed by atoms with Crippen LogP contribution in [0, 0.1) is 5.82 Å². The highest BCUT2D eigenvalue weighted by atomic mass is 79.9. The second kappa shape index (κ2) is 7.98. The van der Waals surface area contributed by atoms with Crippen molar-refractivity contribution in [2.75, 3.05) is 12.4 Å². The van der Waals surface area contributed by atoms with Crippen LogP contribution in [0.5, 0.6) is 11.5 Å². The Morgan fingerprint density at radius 3 is 2.68 bits per heavy atom. The maximum absolute atomic E-state index is 13.0. The van der Waals surface area contributed by atoms with Crippen molar-refractivity contribution >= 4 is 21.9 Å². The normalized spacial score (nSPS) is 10.5. The highest BCUT2D eigenvalue weighted by molar-refractivity contribution is 9.10. The topological polar surface area (TPSA) is 72.1 Å². The van der Waals surface area contributed by atoms with Crippen LogP contribution < -0.4 is 14.8 Å². The van der Waals surface area contributed by atoms with Crippen molar-refractivity contribution in [2.24, 2.45) is 0 Å². The Hall–Kier alpha value is -2.61. The van der Waals surface area contributed by atoms with Crippen LogP contribution in [0.1, 0.15) is 11.1 Å². The number of benzene rings is 2. The van der Waals surface area contributed by atoms with Crippen LogP contribution in [0.15, 0.2) is 47.2 Å². The molecule has 0 radical (unpaired) electrons. The molecule has 0 atom stereocenters. The molecule has 1 heterocycles. The number of halogens is 2. The zero-order valence-electron chi connectivity index (χ0n) is 13.4. The van der Waals surface area contributed by atoms with Gasteiger partial charge in [-0.25, -0.2) is 14.5 Å². The van der Waals surface area contributed by atoms with Crippen LogP contribution >= 0.6 is 15.9 Å². The summed E-state index contributed by atoms with van der Waals surface area (Å²) in [5.74, 6) is 1.51. The summed E-state index contributed by atoms with van der Waals surface area (Å²) in [5, 5.41) is 9.64. The van der Waals surface area contributed by atoms with Crippen molar-refractivity contribution in [3.63, 3.8) is 0 Å². The summed E-state index contributed by atoms with van der Waals surface area (Å²) in [6.07, 6.45) is 1.44. The third-order valence-electron chi connectivity index (χ3n) is 3.46. The van der Waals surface area contributed by atoms with Gasteiger partial charge in [-0.15, -0.1) is 0 Å². The van der Waals surface area contributed by atoms with E-state index < -0.39 is 0 Å². The number of rotatable bonds is 7. The Labute approximate surface area is 152 Å². The molecule has 3 aromatic rings. The average Bonchev–Trinajstić information content (AvgIpc) is 3.13. The summed E-state index contributed by atoms with van der Waals surface area (Å²) in [5.41, 5.74) is 1.85. The predicted molar refractivity (Wildman–Crippen MR) is 95.1 cm³/mol. The zero-order chi connectivity index (χ0) is 17.6. The molecule has 25 heavy (non-hydrogen) atoms. The lowest BCUT2D eigenvalue weighted by Crippen LogP contribution is -2.03. The molecule has 0 aliphatic carbocycles. The molecule has 2 aromatic carbocycles. The minimum absolute atomic E-state index is 0.272. The first-order valence-electron chi connectivity index (χ1n) is 7.48. The number of anilines is 1. The number of aromatic nitrogens is 3. The fraction of sp³-hybridized carbons (Fsp3) is 0.176. The number of hydrogen-bond donors (Lipinski definition) is 2. The molecule has 2 N–H and O–H groups in total. The molecule has 0 saturated carbocycles. The van der Waals surface area contributed by atoms with E-state index in [-0.39, 0.29) is 5.82 Å². The van der Waals surface area contributed by atoms with Crippen LogP contribution in [-0.2, 0) is 13.2 Å². The minimum atomic E-state index is -0.272. The second-order valence-corrected chi connectivity index (χ2v) is 6.07. The summed E-state index contributed by atoms with van der Waals surface area (Å²) in [6, 6.07) is 10.0. The summed E-state index contributed by atoms with van der Waals surface area (Å²) in [4.78, 5) is 4.01. The van der Waals surface area contributed by atoms with Gasteiger partial charge in [0.25, 0.3) is 0 Å². The Bertz CT molecular complexity index is 825. The number of ether oxygens (including phenoxy) is 2. The first kappa shape index (κ1) is 17.2. The van der Waals surface area contributed by atoms with Crippen LogP contribution in [-0.4, -0.2) is 22.3 Å². The van der Waals surface area contributed by atoms with Crippen LogP contribution in [0.2, 0.25) is 0 Å². The van der Waals surface area contributed by atoms with Crippen LogP contribution in [0.3, 0.4) is 0 Å². The number of methoxy groups -OCH3 is 1. The third kappa shape index (κ3) is 4.48. The first-order chi connectivity index (χ1) is 12.2. The number of hydrogen-bond acceptors (Lipinski definition) is 5. The lowest BCUT2D eigenvalue weighted by atomic mass is 10.2. The van der Waals surface area contributed by atoms with E-state index in [1.54, 1.807) is 19.2 Å². The smallest absolute Gasteiger partial charge is 0.218 e. The van der Waals surface area contributed by atoms with Gasteiger partial charge in [0.05, 0.1) is 11.6 Å². The molecule has 0 spiro atoms. The number of H-pyrrole nitrogens is 1. The minimum Gasteiger partial charge on any atom is -0.493 e. The van der Waals surface area contributed by atoms with Crippen molar-refractivity contribution in [1.82, 2.24) is 15.2 Å². The van der Waals surface area contributed by atoms with Gasteiger partial charge in [0, 0.05) is 6.54 Å². The largest absolute Gasteiger partial charge is 0.493 e. The van der Waals surface area contributed by atoms with Gasteiger partial charge in [0.15, 0.2) is 11.5 Å². The Morgan fingerprint density at radius 1 is 1.20 bits per heavy atom.